The van der Waals surface area contributed by atoms with Crippen molar-refractivity contribution >= 4 is 5.91 Å². The summed E-state index contributed by atoms with van der Waals surface area (Å²) >= 11 is 0. The van der Waals surface area contributed by atoms with Gasteiger partial charge in [-0.15, -0.1) is 0 Å². The first-order chi connectivity index (χ1) is 12.7. The van der Waals surface area contributed by atoms with Crippen molar-refractivity contribution in [3.05, 3.63) is 41.7 Å². The van der Waals surface area contributed by atoms with Crippen LogP contribution in [-0.2, 0) is 6.18 Å². The van der Waals surface area contributed by atoms with Crippen molar-refractivity contribution in [2.75, 3.05) is 13.1 Å². The Bertz CT molecular complexity index is 833. The summed E-state index contributed by atoms with van der Waals surface area (Å²) < 4.78 is 40.5. The molecule has 1 amide bonds. The normalized spacial score (nSPS) is 19.1. The molecule has 0 spiro atoms. The fourth-order valence-electron chi connectivity index (χ4n) is 3.29. The topological polar surface area (TPSA) is 78.6 Å². The summed E-state index contributed by atoms with van der Waals surface area (Å²) in [6, 6.07) is 4.80. The predicted octanol–water partition coefficient (Wildman–Crippen LogP) is 2.83. The van der Waals surface area contributed by atoms with E-state index in [9.17, 15) is 28.2 Å². The monoisotopic (exact) mass is 383 g/mol. The first kappa shape index (κ1) is 19.2. The molecule has 1 aromatic carbocycles. The zero-order valence-corrected chi connectivity index (χ0v) is 14.6. The van der Waals surface area contributed by atoms with Crippen LogP contribution in [0.25, 0.3) is 5.69 Å². The molecule has 9 heteroatoms. The molecule has 1 fully saturated rings. The predicted molar refractivity (Wildman–Crippen MR) is 90.5 cm³/mol. The maximum Gasteiger partial charge on any atom is 0.418 e. The number of para-hydroxylation sites is 1. The van der Waals surface area contributed by atoms with Crippen molar-refractivity contribution in [1.82, 2.24) is 14.7 Å². The Labute approximate surface area is 153 Å². The lowest BCUT2D eigenvalue weighted by molar-refractivity contribution is -0.137. The van der Waals surface area contributed by atoms with Gasteiger partial charge in [0.1, 0.15) is 0 Å². The average Bonchev–Trinajstić information content (AvgIpc) is 3.02. The Morgan fingerprint density at radius 3 is 2.70 bits per heavy atom. The third kappa shape index (κ3) is 3.92. The molecule has 27 heavy (non-hydrogen) atoms. The van der Waals surface area contributed by atoms with Gasteiger partial charge in [0, 0.05) is 19.0 Å². The molecule has 2 N–H and O–H groups in total. The number of rotatable bonds is 3. The highest BCUT2D eigenvalue weighted by Crippen LogP contribution is 2.34. The van der Waals surface area contributed by atoms with E-state index in [-0.39, 0.29) is 17.3 Å². The van der Waals surface area contributed by atoms with Gasteiger partial charge in [-0.1, -0.05) is 12.1 Å². The number of hydrogen-bond acceptors (Lipinski definition) is 4. The fourth-order valence-corrected chi connectivity index (χ4v) is 3.29. The molecule has 0 unspecified atom stereocenters. The number of piperidine rings is 1. The molecule has 0 aliphatic carbocycles. The Morgan fingerprint density at radius 2 is 2.04 bits per heavy atom. The van der Waals surface area contributed by atoms with Gasteiger partial charge in [0.05, 0.1) is 23.6 Å². The number of halogens is 3. The van der Waals surface area contributed by atoms with E-state index in [0.29, 0.717) is 19.5 Å². The van der Waals surface area contributed by atoms with Crippen molar-refractivity contribution in [3.63, 3.8) is 0 Å². The van der Waals surface area contributed by atoms with E-state index in [2.05, 4.69) is 5.10 Å². The van der Waals surface area contributed by atoms with Gasteiger partial charge in [-0.25, -0.2) is 4.68 Å². The Hall–Kier alpha value is -2.55. The molecule has 2 heterocycles. The van der Waals surface area contributed by atoms with Crippen molar-refractivity contribution in [1.29, 1.82) is 0 Å². The summed E-state index contributed by atoms with van der Waals surface area (Å²) in [5.74, 6) is -1.14. The number of aromatic hydroxyl groups is 1. The highest BCUT2D eigenvalue weighted by atomic mass is 19.4. The zero-order chi connectivity index (χ0) is 19.8. The number of benzene rings is 1. The molecule has 2 atom stereocenters. The first-order valence-electron chi connectivity index (χ1n) is 8.61. The third-order valence-electron chi connectivity index (χ3n) is 4.78. The van der Waals surface area contributed by atoms with Crippen molar-refractivity contribution in [3.8, 4) is 11.4 Å². The minimum atomic E-state index is -4.60. The minimum absolute atomic E-state index is 0.0853. The highest BCUT2D eigenvalue weighted by Gasteiger charge is 2.35. The van der Waals surface area contributed by atoms with Crippen LogP contribution < -0.4 is 0 Å². The van der Waals surface area contributed by atoms with Gasteiger partial charge in [0.25, 0.3) is 5.91 Å². The Morgan fingerprint density at radius 1 is 1.33 bits per heavy atom. The molecule has 0 saturated carbocycles. The second-order valence-corrected chi connectivity index (χ2v) is 6.72. The van der Waals surface area contributed by atoms with Crippen LogP contribution in [0.1, 0.15) is 35.8 Å². The summed E-state index contributed by atoms with van der Waals surface area (Å²) in [4.78, 5) is 14.2. The Kier molecular flexibility index (Phi) is 5.14. The zero-order valence-electron chi connectivity index (χ0n) is 14.6. The molecule has 1 aliphatic rings. The largest absolute Gasteiger partial charge is 0.504 e. The number of hydrogen-bond donors (Lipinski definition) is 2. The molecule has 1 aromatic heterocycles. The van der Waals surface area contributed by atoms with Crippen LogP contribution in [-0.4, -0.2) is 50.0 Å². The van der Waals surface area contributed by atoms with Gasteiger partial charge in [-0.05, 0) is 31.9 Å². The molecule has 3 rings (SSSR count). The lowest BCUT2D eigenvalue weighted by Gasteiger charge is -2.33. The van der Waals surface area contributed by atoms with Crippen LogP contribution in [0.15, 0.2) is 30.5 Å². The highest BCUT2D eigenvalue weighted by molar-refractivity contribution is 5.95. The number of carbonyl (C=O) groups excluding carboxylic acids is 1. The molecule has 0 radical (unpaired) electrons. The number of aliphatic hydroxyl groups excluding tert-OH is 1. The van der Waals surface area contributed by atoms with Crippen LogP contribution in [0.2, 0.25) is 0 Å². The summed E-state index contributed by atoms with van der Waals surface area (Å²) in [6.07, 6.45) is -2.71. The number of aliphatic hydroxyl groups is 1. The molecular formula is C18H20F3N3O3. The van der Waals surface area contributed by atoms with Gasteiger partial charge >= 0.3 is 6.18 Å². The lowest BCUT2D eigenvalue weighted by atomic mass is 9.93. The van der Waals surface area contributed by atoms with E-state index < -0.39 is 29.5 Å². The maximum absolute atomic E-state index is 13.2. The number of aromatic nitrogens is 2. The smallest absolute Gasteiger partial charge is 0.418 e. The lowest BCUT2D eigenvalue weighted by Crippen LogP contribution is -2.43. The van der Waals surface area contributed by atoms with Gasteiger partial charge in [0.2, 0.25) is 0 Å². The molecule has 1 aliphatic heterocycles. The van der Waals surface area contributed by atoms with Crippen molar-refractivity contribution < 1.29 is 28.2 Å². The molecular weight excluding hydrogens is 363 g/mol. The van der Waals surface area contributed by atoms with E-state index >= 15 is 0 Å². The van der Waals surface area contributed by atoms with Gasteiger partial charge in [-0.2, -0.15) is 18.3 Å². The van der Waals surface area contributed by atoms with E-state index in [1.807, 2.05) is 0 Å². The first-order valence-corrected chi connectivity index (χ1v) is 8.61. The van der Waals surface area contributed by atoms with Crippen LogP contribution in [0.5, 0.6) is 5.75 Å². The van der Waals surface area contributed by atoms with Crippen LogP contribution >= 0.6 is 0 Å². The summed E-state index contributed by atoms with van der Waals surface area (Å²) in [5.41, 5.74) is -1.50. The Balaban J connectivity index is 1.91. The summed E-state index contributed by atoms with van der Waals surface area (Å²) in [6.45, 7) is 2.40. The van der Waals surface area contributed by atoms with Gasteiger partial charge in [0.15, 0.2) is 11.4 Å². The SMILES string of the molecule is C[C@H](O)[C@H]1CCCN(C(=O)c2nn(-c3ccccc3C(F)(F)F)cc2O)C1. The third-order valence-corrected chi connectivity index (χ3v) is 4.78. The average molecular weight is 383 g/mol. The molecule has 146 valence electrons. The quantitative estimate of drug-likeness (QED) is 0.854. The molecule has 6 nitrogen and oxygen atoms in total. The maximum atomic E-state index is 13.2. The van der Waals surface area contributed by atoms with E-state index in [1.165, 1.54) is 23.1 Å². The van der Waals surface area contributed by atoms with Crippen LogP contribution in [0.3, 0.4) is 0 Å². The number of carbonyl (C=O) groups is 1. The van der Waals surface area contributed by atoms with Crippen LogP contribution in [0.4, 0.5) is 13.2 Å². The molecule has 0 bridgehead atoms. The summed E-state index contributed by atoms with van der Waals surface area (Å²) in [5, 5.41) is 23.8. The van der Waals surface area contributed by atoms with Gasteiger partial charge < -0.3 is 15.1 Å². The number of alkyl halides is 3. The summed E-state index contributed by atoms with van der Waals surface area (Å²) in [7, 11) is 0. The standard InChI is InChI=1S/C18H20F3N3O3/c1-11(25)12-5-4-8-23(9-12)17(27)16-15(26)10-24(22-16)14-7-3-2-6-13(14)18(19,20)21/h2-3,6-7,10-12,25-26H,4-5,8-9H2,1H3/t11-,12-/m0/s1. The second kappa shape index (κ2) is 7.22. The number of amides is 1. The number of likely N-dealkylation sites (tertiary alicyclic amines) is 1. The van der Waals surface area contributed by atoms with Crippen molar-refractivity contribution in [2.24, 2.45) is 5.92 Å². The fraction of sp³-hybridized carbons (Fsp3) is 0.444. The van der Waals surface area contributed by atoms with E-state index in [1.54, 1.807) is 6.92 Å². The molecule has 1 saturated heterocycles. The van der Waals surface area contributed by atoms with Gasteiger partial charge in [-0.3, -0.25) is 4.79 Å². The van der Waals surface area contributed by atoms with Crippen LogP contribution in [0, 0.1) is 5.92 Å². The minimum Gasteiger partial charge on any atom is -0.504 e. The second-order valence-electron chi connectivity index (χ2n) is 6.72. The number of nitrogens with zero attached hydrogens (tertiary/aromatic N) is 3. The molecule has 2 aromatic rings. The van der Waals surface area contributed by atoms with E-state index in [0.717, 1.165) is 23.4 Å². The van der Waals surface area contributed by atoms with E-state index in [4.69, 9.17) is 0 Å². The van der Waals surface area contributed by atoms with Crippen molar-refractivity contribution in [2.45, 2.75) is 32.0 Å².